The van der Waals surface area contributed by atoms with E-state index in [1.54, 1.807) is 56.3 Å². The third-order valence-corrected chi connectivity index (χ3v) is 7.58. The van der Waals surface area contributed by atoms with Crippen LogP contribution in [0, 0.1) is 0 Å². The Hall–Kier alpha value is -2.70. The Morgan fingerprint density at radius 2 is 1.77 bits per heavy atom. The van der Waals surface area contributed by atoms with Crippen LogP contribution >= 0.6 is 23.2 Å². The molecule has 13 heteroatoms. The number of benzene rings is 4. The normalized spacial score (nSPS) is 11.4. The number of fused-ring (bicyclic) bond motifs is 1. The maximum atomic E-state index is 13.5. The SMILES string of the molecule is CCOc1cccc(Cl)c1NC(=O)c1cc2ccccc2c(N=Nc2ccc(CC)c(S(=O)(=O)O)c2Cl)c1[O-].[Na+]. The Bertz CT molecular complexity index is 1730. The molecule has 4 aromatic rings. The second-order valence-electron chi connectivity index (χ2n) is 8.24. The number of carbonyl (C=O) groups excluding carboxylic acids is 1. The van der Waals surface area contributed by atoms with Crippen molar-refractivity contribution in [2.45, 2.75) is 25.2 Å². The molecule has 202 valence electrons. The Kier molecular flexibility index (Phi) is 10.6. The minimum atomic E-state index is -4.65. The van der Waals surface area contributed by atoms with Crippen LogP contribution in [0.3, 0.4) is 0 Å². The van der Waals surface area contributed by atoms with Crippen molar-refractivity contribution in [3.8, 4) is 11.5 Å². The van der Waals surface area contributed by atoms with Crippen LogP contribution in [0.4, 0.5) is 17.1 Å². The molecule has 0 saturated carbocycles. The van der Waals surface area contributed by atoms with E-state index in [1.165, 1.54) is 18.2 Å². The van der Waals surface area contributed by atoms with Gasteiger partial charge in [0.15, 0.2) is 0 Å². The number of ether oxygens (including phenoxy) is 1. The first-order chi connectivity index (χ1) is 18.6. The van der Waals surface area contributed by atoms with E-state index in [1.807, 2.05) is 0 Å². The van der Waals surface area contributed by atoms with E-state index in [2.05, 4.69) is 15.5 Å². The molecule has 0 bridgehead atoms. The van der Waals surface area contributed by atoms with E-state index in [4.69, 9.17) is 27.9 Å². The summed E-state index contributed by atoms with van der Waals surface area (Å²) in [5.41, 5.74) is 0.0307. The average Bonchev–Trinajstić information content (AvgIpc) is 2.89. The van der Waals surface area contributed by atoms with Crippen LogP contribution in [-0.2, 0) is 16.5 Å². The monoisotopic (exact) mass is 609 g/mol. The van der Waals surface area contributed by atoms with Crippen molar-refractivity contribution in [1.82, 2.24) is 0 Å². The number of hydrogen-bond acceptors (Lipinski definition) is 7. The topological polar surface area (TPSA) is 140 Å². The molecule has 0 saturated heterocycles. The summed E-state index contributed by atoms with van der Waals surface area (Å²) in [4.78, 5) is 12.8. The van der Waals surface area contributed by atoms with Gasteiger partial charge < -0.3 is 15.2 Å². The fourth-order valence-electron chi connectivity index (χ4n) is 3.98. The van der Waals surface area contributed by atoms with Crippen molar-refractivity contribution in [2.24, 2.45) is 10.2 Å². The number of hydrogen-bond donors (Lipinski definition) is 2. The van der Waals surface area contributed by atoms with Gasteiger partial charge in [-0.05, 0) is 48.6 Å². The summed E-state index contributed by atoms with van der Waals surface area (Å²) in [5, 5.41) is 25.1. The molecule has 40 heavy (non-hydrogen) atoms. The third-order valence-electron chi connectivity index (χ3n) is 5.79. The second-order valence-corrected chi connectivity index (χ2v) is 10.4. The predicted octanol–water partition coefficient (Wildman–Crippen LogP) is 4.10. The minimum absolute atomic E-state index is 0. The molecule has 0 heterocycles. The fraction of sp³-hybridized carbons (Fsp3) is 0.148. The maximum absolute atomic E-state index is 13.5. The molecule has 2 N–H and O–H groups in total. The first-order valence-corrected chi connectivity index (χ1v) is 13.9. The fourth-order valence-corrected chi connectivity index (χ4v) is 5.59. The number of anilines is 1. The van der Waals surface area contributed by atoms with Gasteiger partial charge in [0.25, 0.3) is 16.0 Å². The van der Waals surface area contributed by atoms with Gasteiger partial charge in [-0.1, -0.05) is 72.3 Å². The van der Waals surface area contributed by atoms with E-state index in [0.717, 1.165) is 0 Å². The molecule has 0 unspecified atom stereocenters. The third kappa shape index (κ3) is 6.60. The molecule has 0 fully saturated rings. The van der Waals surface area contributed by atoms with E-state index in [9.17, 15) is 22.9 Å². The summed E-state index contributed by atoms with van der Waals surface area (Å²) in [7, 11) is -4.65. The van der Waals surface area contributed by atoms with Gasteiger partial charge in [-0.15, -0.1) is 5.11 Å². The number of rotatable bonds is 8. The maximum Gasteiger partial charge on any atom is 1.00 e. The summed E-state index contributed by atoms with van der Waals surface area (Å²) < 4.78 is 39.1. The van der Waals surface area contributed by atoms with Crippen LogP contribution in [0.1, 0.15) is 29.8 Å². The summed E-state index contributed by atoms with van der Waals surface area (Å²) in [6, 6.07) is 15.9. The van der Waals surface area contributed by atoms with Crippen molar-refractivity contribution in [1.29, 1.82) is 0 Å². The van der Waals surface area contributed by atoms with Crippen LogP contribution in [0.5, 0.6) is 11.5 Å². The van der Waals surface area contributed by atoms with Gasteiger partial charge in [-0.2, -0.15) is 13.5 Å². The molecule has 0 aromatic heterocycles. The Morgan fingerprint density at radius 3 is 2.45 bits per heavy atom. The quantitative estimate of drug-likeness (QED) is 0.175. The Labute approximate surface area is 263 Å². The van der Waals surface area contributed by atoms with Crippen LogP contribution in [0.25, 0.3) is 10.8 Å². The zero-order valence-electron chi connectivity index (χ0n) is 21.7. The van der Waals surface area contributed by atoms with Gasteiger partial charge in [-0.25, -0.2) is 0 Å². The van der Waals surface area contributed by atoms with E-state index >= 15 is 0 Å². The Balaban J connectivity index is 0.00000441. The smallest absolute Gasteiger partial charge is 0.870 e. The average molecular weight is 610 g/mol. The van der Waals surface area contributed by atoms with Crippen molar-refractivity contribution in [3.05, 3.63) is 81.8 Å². The molecule has 0 aliphatic rings. The molecule has 4 rings (SSSR count). The zero-order valence-corrected chi connectivity index (χ0v) is 26.1. The van der Waals surface area contributed by atoms with Gasteiger partial charge >= 0.3 is 29.6 Å². The van der Waals surface area contributed by atoms with Gasteiger partial charge in [0.2, 0.25) is 0 Å². The van der Waals surface area contributed by atoms with Crippen molar-refractivity contribution >= 4 is 67.1 Å². The number of aryl methyl sites for hydroxylation is 1. The number of nitrogens with one attached hydrogen (secondary N) is 1. The van der Waals surface area contributed by atoms with Crippen LogP contribution in [-0.4, -0.2) is 25.5 Å². The van der Waals surface area contributed by atoms with Crippen LogP contribution in [0.15, 0.2) is 75.8 Å². The van der Waals surface area contributed by atoms with Crippen LogP contribution < -0.4 is 44.7 Å². The minimum Gasteiger partial charge on any atom is -0.870 e. The molecular formula is C27H22Cl2N3NaO6S. The van der Waals surface area contributed by atoms with Crippen molar-refractivity contribution < 1.29 is 57.2 Å². The zero-order chi connectivity index (χ0) is 28.3. The van der Waals surface area contributed by atoms with Gasteiger partial charge in [0.1, 0.15) is 22.0 Å². The Morgan fingerprint density at radius 1 is 1.05 bits per heavy atom. The summed E-state index contributed by atoms with van der Waals surface area (Å²) in [5.74, 6) is -1.13. The number of amides is 1. The first-order valence-electron chi connectivity index (χ1n) is 11.7. The molecule has 9 nitrogen and oxygen atoms in total. The number of nitrogens with zero attached hydrogens (tertiary/aromatic N) is 2. The molecular weight excluding hydrogens is 588 g/mol. The predicted molar refractivity (Wildman–Crippen MR) is 149 cm³/mol. The first kappa shape index (κ1) is 31.8. The van der Waals surface area contributed by atoms with Crippen LogP contribution in [0.2, 0.25) is 10.0 Å². The number of carbonyl (C=O) groups is 1. The summed E-state index contributed by atoms with van der Waals surface area (Å²) in [6.45, 7) is 3.81. The molecule has 4 aromatic carbocycles. The summed E-state index contributed by atoms with van der Waals surface area (Å²) in [6.07, 6.45) is 0.287. The van der Waals surface area contributed by atoms with E-state index in [0.29, 0.717) is 28.7 Å². The standard InChI is InChI=1S/C27H23Cl2N3O6S.Na/c1-3-15-12-13-20(22(29)26(15)39(35,36)37)31-32-23-17-9-6-5-8-16(17)14-18(25(23)33)27(34)30-24-19(28)10-7-11-21(24)38-4-2;/h5-14,33H,3-4H2,1-2H3,(H,30,34)(H,35,36,37);/q;+1/p-1. The molecule has 0 aliphatic heterocycles. The number of halogens is 2. The summed E-state index contributed by atoms with van der Waals surface area (Å²) >= 11 is 12.6. The molecule has 0 spiro atoms. The largest absolute Gasteiger partial charge is 1.00 e. The number of para-hydroxylation sites is 1. The molecule has 0 radical (unpaired) electrons. The van der Waals surface area contributed by atoms with Gasteiger partial charge in [0.05, 0.1) is 22.3 Å². The van der Waals surface area contributed by atoms with E-state index in [-0.39, 0.29) is 68.6 Å². The van der Waals surface area contributed by atoms with E-state index < -0.39 is 26.7 Å². The molecule has 0 atom stereocenters. The van der Waals surface area contributed by atoms with Crippen molar-refractivity contribution in [2.75, 3.05) is 11.9 Å². The van der Waals surface area contributed by atoms with Crippen molar-refractivity contribution in [3.63, 3.8) is 0 Å². The number of azo groups is 1. The second kappa shape index (κ2) is 13.3. The van der Waals surface area contributed by atoms with Gasteiger partial charge in [0, 0.05) is 10.9 Å². The molecule has 0 aliphatic carbocycles. The van der Waals surface area contributed by atoms with Gasteiger partial charge in [-0.3, -0.25) is 9.35 Å². The molecule has 1 amide bonds.